The molecule has 0 spiro atoms. The standard InChI is InChI=1S/C20H25N3O5S/c1-5-19(18-10-9-14(2)11-15(18)3)21-20(24)13-22(29(4,27)28)16-7-6-8-17(12-16)23(25)26/h6-12,19H,5,13H2,1-4H3,(H,21,24). The molecule has 2 rings (SSSR count). The molecule has 0 saturated heterocycles. The SMILES string of the molecule is CCC(NC(=O)CN(c1cccc([N+](=O)[O-])c1)S(C)(=O)=O)c1ccc(C)cc1C. The fourth-order valence-corrected chi connectivity index (χ4v) is 4.00. The van der Waals surface area contributed by atoms with Gasteiger partial charge >= 0.3 is 0 Å². The minimum atomic E-state index is -3.83. The van der Waals surface area contributed by atoms with Crippen molar-refractivity contribution < 1.29 is 18.1 Å². The fourth-order valence-electron chi connectivity index (χ4n) is 3.15. The number of hydrogen-bond acceptors (Lipinski definition) is 5. The number of sulfonamides is 1. The van der Waals surface area contributed by atoms with Gasteiger partial charge in [-0.3, -0.25) is 19.2 Å². The molecule has 0 aliphatic carbocycles. The van der Waals surface area contributed by atoms with Crippen LogP contribution in [0.15, 0.2) is 42.5 Å². The zero-order valence-electron chi connectivity index (χ0n) is 16.9. The number of anilines is 1. The molecule has 1 N–H and O–H groups in total. The van der Waals surface area contributed by atoms with Crippen LogP contribution in [0.4, 0.5) is 11.4 Å². The summed E-state index contributed by atoms with van der Waals surface area (Å²) < 4.78 is 25.3. The molecule has 8 nitrogen and oxygen atoms in total. The van der Waals surface area contributed by atoms with Crippen LogP contribution in [0.25, 0.3) is 0 Å². The topological polar surface area (TPSA) is 110 Å². The molecule has 0 bridgehead atoms. The Labute approximate surface area is 170 Å². The molecule has 0 aromatic heterocycles. The molecule has 1 amide bonds. The molecule has 0 heterocycles. The van der Waals surface area contributed by atoms with Crippen molar-refractivity contribution >= 4 is 27.3 Å². The van der Waals surface area contributed by atoms with Gasteiger partial charge in [-0.05, 0) is 37.5 Å². The van der Waals surface area contributed by atoms with Crippen molar-refractivity contribution in [1.29, 1.82) is 0 Å². The van der Waals surface area contributed by atoms with E-state index < -0.39 is 27.4 Å². The van der Waals surface area contributed by atoms with E-state index in [1.807, 2.05) is 39.0 Å². The summed E-state index contributed by atoms with van der Waals surface area (Å²) in [5.74, 6) is -0.492. The van der Waals surface area contributed by atoms with E-state index >= 15 is 0 Å². The Morgan fingerprint density at radius 1 is 1.21 bits per heavy atom. The van der Waals surface area contributed by atoms with Crippen LogP contribution < -0.4 is 9.62 Å². The summed E-state index contributed by atoms with van der Waals surface area (Å²) >= 11 is 0. The van der Waals surface area contributed by atoms with Gasteiger partial charge < -0.3 is 5.32 Å². The summed E-state index contributed by atoms with van der Waals surface area (Å²) in [6.07, 6.45) is 1.59. The largest absolute Gasteiger partial charge is 0.348 e. The minimum absolute atomic E-state index is 0.0661. The zero-order valence-corrected chi connectivity index (χ0v) is 17.7. The zero-order chi connectivity index (χ0) is 21.8. The van der Waals surface area contributed by atoms with Crippen LogP contribution in [-0.2, 0) is 14.8 Å². The van der Waals surface area contributed by atoms with Crippen molar-refractivity contribution in [1.82, 2.24) is 5.32 Å². The highest BCUT2D eigenvalue weighted by Gasteiger charge is 2.24. The number of nitro benzene ring substituents is 1. The summed E-state index contributed by atoms with van der Waals surface area (Å²) in [6, 6.07) is 10.9. The number of nitrogens with one attached hydrogen (secondary N) is 1. The van der Waals surface area contributed by atoms with Crippen LogP contribution in [0.5, 0.6) is 0 Å². The molecule has 0 saturated carbocycles. The Hall–Kier alpha value is -2.94. The van der Waals surface area contributed by atoms with Crippen LogP contribution in [-0.4, -0.2) is 32.0 Å². The quantitative estimate of drug-likeness (QED) is 0.522. The molecule has 1 unspecified atom stereocenters. The maximum atomic E-state index is 12.7. The maximum absolute atomic E-state index is 12.7. The predicted octanol–water partition coefficient (Wildman–Crippen LogP) is 3.25. The van der Waals surface area contributed by atoms with E-state index in [9.17, 15) is 23.3 Å². The number of benzene rings is 2. The Morgan fingerprint density at radius 2 is 1.90 bits per heavy atom. The molecule has 2 aromatic rings. The monoisotopic (exact) mass is 419 g/mol. The van der Waals surface area contributed by atoms with Crippen molar-refractivity contribution in [2.45, 2.75) is 33.2 Å². The lowest BCUT2D eigenvalue weighted by molar-refractivity contribution is -0.384. The first-order valence-electron chi connectivity index (χ1n) is 9.11. The second kappa shape index (κ2) is 9.04. The van der Waals surface area contributed by atoms with Crippen LogP contribution in [0.2, 0.25) is 0 Å². The van der Waals surface area contributed by atoms with E-state index in [-0.39, 0.29) is 17.4 Å². The third-order valence-corrected chi connectivity index (χ3v) is 5.70. The Kier molecular flexibility index (Phi) is 6.97. The molecule has 0 radical (unpaired) electrons. The Balaban J connectivity index is 2.26. The van der Waals surface area contributed by atoms with Gasteiger partial charge in [-0.15, -0.1) is 0 Å². The summed E-state index contributed by atoms with van der Waals surface area (Å²) in [4.78, 5) is 23.1. The van der Waals surface area contributed by atoms with Gasteiger partial charge in [0.15, 0.2) is 0 Å². The number of rotatable bonds is 8. The fraction of sp³-hybridized carbons (Fsp3) is 0.350. The number of nitro groups is 1. The molecule has 1 atom stereocenters. The van der Waals surface area contributed by atoms with Gasteiger partial charge in [-0.25, -0.2) is 8.42 Å². The number of nitrogens with zero attached hydrogens (tertiary/aromatic N) is 2. The molecule has 2 aromatic carbocycles. The van der Waals surface area contributed by atoms with Gasteiger partial charge in [0.2, 0.25) is 15.9 Å². The lowest BCUT2D eigenvalue weighted by atomic mass is 9.97. The molecule has 156 valence electrons. The summed E-state index contributed by atoms with van der Waals surface area (Å²) in [5.41, 5.74) is 2.93. The van der Waals surface area contributed by atoms with Crippen molar-refractivity contribution in [3.05, 3.63) is 69.3 Å². The second-order valence-electron chi connectivity index (χ2n) is 6.93. The average molecular weight is 420 g/mol. The average Bonchev–Trinajstić information content (AvgIpc) is 2.64. The number of hydrogen-bond donors (Lipinski definition) is 1. The molecule has 0 fully saturated rings. The first-order valence-corrected chi connectivity index (χ1v) is 11.0. The molecule has 0 aliphatic rings. The highest BCUT2D eigenvalue weighted by Crippen LogP contribution is 2.24. The van der Waals surface area contributed by atoms with Gasteiger partial charge in [-0.2, -0.15) is 0 Å². The Bertz CT molecular complexity index is 1020. The van der Waals surface area contributed by atoms with Crippen molar-refractivity contribution in [2.24, 2.45) is 0 Å². The van der Waals surface area contributed by atoms with Crippen molar-refractivity contribution in [2.75, 3.05) is 17.1 Å². The third kappa shape index (κ3) is 5.77. The van der Waals surface area contributed by atoms with E-state index in [0.29, 0.717) is 6.42 Å². The number of carbonyl (C=O) groups excluding carboxylic acids is 1. The van der Waals surface area contributed by atoms with E-state index in [1.54, 1.807) is 0 Å². The van der Waals surface area contributed by atoms with Crippen LogP contribution in [0.3, 0.4) is 0 Å². The number of carbonyl (C=O) groups is 1. The van der Waals surface area contributed by atoms with Gasteiger partial charge in [0, 0.05) is 12.1 Å². The van der Waals surface area contributed by atoms with Crippen LogP contribution >= 0.6 is 0 Å². The van der Waals surface area contributed by atoms with E-state index in [2.05, 4.69) is 5.32 Å². The first-order chi connectivity index (χ1) is 13.5. The second-order valence-corrected chi connectivity index (χ2v) is 8.84. The first kappa shape index (κ1) is 22.4. The lowest BCUT2D eigenvalue weighted by Crippen LogP contribution is -2.41. The smallest absolute Gasteiger partial charge is 0.271 e. The van der Waals surface area contributed by atoms with Gasteiger partial charge in [0.25, 0.3) is 5.69 Å². The van der Waals surface area contributed by atoms with Gasteiger partial charge in [0.1, 0.15) is 6.54 Å². The highest BCUT2D eigenvalue weighted by atomic mass is 32.2. The van der Waals surface area contributed by atoms with E-state index in [1.165, 1.54) is 18.2 Å². The number of non-ortho nitro benzene ring substituents is 1. The summed E-state index contributed by atoms with van der Waals surface area (Å²) in [7, 11) is -3.83. The van der Waals surface area contributed by atoms with Crippen molar-refractivity contribution in [3.63, 3.8) is 0 Å². The van der Waals surface area contributed by atoms with E-state index in [4.69, 9.17) is 0 Å². The third-order valence-electron chi connectivity index (χ3n) is 4.56. The lowest BCUT2D eigenvalue weighted by Gasteiger charge is -2.24. The molecule has 29 heavy (non-hydrogen) atoms. The van der Waals surface area contributed by atoms with Crippen LogP contribution in [0, 0.1) is 24.0 Å². The minimum Gasteiger partial charge on any atom is -0.348 e. The van der Waals surface area contributed by atoms with Crippen molar-refractivity contribution in [3.8, 4) is 0 Å². The van der Waals surface area contributed by atoms with Crippen LogP contribution in [0.1, 0.15) is 36.1 Å². The van der Waals surface area contributed by atoms with Gasteiger partial charge in [-0.1, -0.05) is 36.8 Å². The predicted molar refractivity (Wildman–Crippen MR) is 112 cm³/mol. The van der Waals surface area contributed by atoms with E-state index in [0.717, 1.165) is 33.3 Å². The molecular formula is C20H25N3O5S. The Morgan fingerprint density at radius 3 is 2.45 bits per heavy atom. The summed E-state index contributed by atoms with van der Waals surface area (Å²) in [6.45, 7) is 5.41. The summed E-state index contributed by atoms with van der Waals surface area (Å²) in [5, 5.41) is 13.9. The maximum Gasteiger partial charge on any atom is 0.271 e. The molecule has 9 heteroatoms. The molecule has 0 aliphatic heterocycles. The molecular weight excluding hydrogens is 394 g/mol. The number of amides is 1. The normalized spacial score (nSPS) is 12.3. The van der Waals surface area contributed by atoms with Gasteiger partial charge in [0.05, 0.1) is 22.9 Å². The number of aryl methyl sites for hydroxylation is 2. The highest BCUT2D eigenvalue weighted by molar-refractivity contribution is 7.92.